The molecule has 110 valence electrons. The van der Waals surface area contributed by atoms with Crippen molar-refractivity contribution in [2.75, 3.05) is 0 Å². The van der Waals surface area contributed by atoms with Gasteiger partial charge in [-0.25, -0.2) is 0 Å². The first-order valence-electron chi connectivity index (χ1n) is 7.53. The molecule has 0 aliphatic heterocycles. The molecule has 21 heavy (non-hydrogen) atoms. The van der Waals surface area contributed by atoms with Crippen molar-refractivity contribution in [1.29, 1.82) is 0 Å². The summed E-state index contributed by atoms with van der Waals surface area (Å²) in [6, 6.07) is 15.8. The van der Waals surface area contributed by atoms with Crippen LogP contribution in [0, 0.1) is 0 Å². The molecule has 2 rings (SSSR count). The molecule has 0 aliphatic rings. The van der Waals surface area contributed by atoms with E-state index in [2.05, 4.69) is 38.1 Å². The summed E-state index contributed by atoms with van der Waals surface area (Å²) in [6.45, 7) is 5.01. The minimum Gasteiger partial charge on any atom is -0.489 e. The van der Waals surface area contributed by atoms with Crippen LogP contribution in [0.15, 0.2) is 48.5 Å². The highest BCUT2D eigenvalue weighted by atomic mass is 16.5. The van der Waals surface area contributed by atoms with Crippen molar-refractivity contribution in [1.82, 2.24) is 0 Å². The van der Waals surface area contributed by atoms with E-state index < -0.39 is 0 Å². The fraction of sp³-hybridized carbons (Fsp3) is 0.316. The van der Waals surface area contributed by atoms with E-state index in [9.17, 15) is 4.79 Å². The molecular weight excluding hydrogens is 260 g/mol. The molecule has 2 aromatic rings. The van der Waals surface area contributed by atoms with Crippen molar-refractivity contribution in [2.45, 2.75) is 39.2 Å². The zero-order valence-electron chi connectivity index (χ0n) is 12.7. The van der Waals surface area contributed by atoms with Gasteiger partial charge in [-0.2, -0.15) is 0 Å². The zero-order valence-corrected chi connectivity index (χ0v) is 12.7. The van der Waals surface area contributed by atoms with E-state index >= 15 is 0 Å². The number of ether oxygens (including phenoxy) is 1. The maximum absolute atomic E-state index is 10.6. The molecule has 0 spiro atoms. The fourth-order valence-electron chi connectivity index (χ4n) is 2.46. The predicted octanol–water partition coefficient (Wildman–Crippen LogP) is 4.98. The van der Waals surface area contributed by atoms with E-state index in [0.29, 0.717) is 18.1 Å². The first kappa shape index (κ1) is 15.3. The molecule has 2 nitrogen and oxygen atoms in total. The van der Waals surface area contributed by atoms with E-state index in [1.165, 1.54) is 18.4 Å². The molecule has 0 radical (unpaired) electrons. The van der Waals surface area contributed by atoms with Crippen molar-refractivity contribution in [3.8, 4) is 5.75 Å². The molecule has 2 heteroatoms. The van der Waals surface area contributed by atoms with Gasteiger partial charge in [0, 0.05) is 5.56 Å². The highest BCUT2D eigenvalue weighted by molar-refractivity contribution is 5.74. The summed E-state index contributed by atoms with van der Waals surface area (Å²) in [4.78, 5) is 10.6. The number of aldehydes is 1. The molecule has 0 bridgehead atoms. The lowest BCUT2D eigenvalue weighted by molar-refractivity contribution is 0.112. The van der Waals surface area contributed by atoms with Crippen LogP contribution >= 0.6 is 0 Å². The third kappa shape index (κ3) is 4.19. The van der Waals surface area contributed by atoms with Crippen molar-refractivity contribution in [2.24, 2.45) is 0 Å². The molecule has 0 saturated heterocycles. The second-order valence-electron chi connectivity index (χ2n) is 5.23. The summed E-state index contributed by atoms with van der Waals surface area (Å²) in [5.41, 5.74) is 3.22. The molecular formula is C19H22O2. The maximum atomic E-state index is 10.6. The molecule has 0 fully saturated rings. The minimum atomic E-state index is 0.545. The van der Waals surface area contributed by atoms with Crippen LogP contribution in [0.4, 0.5) is 0 Å². The Morgan fingerprint density at radius 2 is 1.57 bits per heavy atom. The van der Waals surface area contributed by atoms with E-state index in [0.717, 1.165) is 17.6 Å². The third-order valence-electron chi connectivity index (χ3n) is 3.86. The summed E-state index contributed by atoms with van der Waals surface area (Å²) >= 11 is 0. The molecule has 2 aromatic carbocycles. The average molecular weight is 282 g/mol. The highest BCUT2D eigenvalue weighted by Gasteiger charge is 2.06. The predicted molar refractivity (Wildman–Crippen MR) is 85.9 cm³/mol. The van der Waals surface area contributed by atoms with Crippen molar-refractivity contribution in [3.05, 3.63) is 65.2 Å². The van der Waals surface area contributed by atoms with Gasteiger partial charge in [0.2, 0.25) is 0 Å². The Bertz CT molecular complexity index is 551. The van der Waals surface area contributed by atoms with E-state index in [4.69, 9.17) is 4.74 Å². The Hall–Kier alpha value is -2.09. The van der Waals surface area contributed by atoms with Gasteiger partial charge in [-0.3, -0.25) is 4.79 Å². The molecule has 0 atom stereocenters. The van der Waals surface area contributed by atoms with Crippen LogP contribution in [-0.2, 0) is 6.61 Å². The number of carbonyl (C=O) groups excluding carboxylic acids is 1. The summed E-state index contributed by atoms with van der Waals surface area (Å²) < 4.78 is 5.73. The lowest BCUT2D eigenvalue weighted by atomic mass is 9.93. The van der Waals surface area contributed by atoms with Crippen LogP contribution in [0.3, 0.4) is 0 Å². The van der Waals surface area contributed by atoms with Crippen LogP contribution < -0.4 is 4.74 Å². The normalized spacial score (nSPS) is 10.6. The number of hydrogen-bond donors (Lipinski definition) is 0. The summed E-state index contributed by atoms with van der Waals surface area (Å²) in [6.07, 6.45) is 3.19. The first-order valence-corrected chi connectivity index (χ1v) is 7.53. The van der Waals surface area contributed by atoms with E-state index in [1.807, 2.05) is 12.1 Å². The van der Waals surface area contributed by atoms with Crippen molar-refractivity contribution < 1.29 is 9.53 Å². The first-order chi connectivity index (χ1) is 10.3. The van der Waals surface area contributed by atoms with Gasteiger partial charge in [-0.15, -0.1) is 0 Å². The van der Waals surface area contributed by atoms with Crippen LogP contribution in [0.2, 0.25) is 0 Å². The highest BCUT2D eigenvalue weighted by Crippen LogP contribution is 2.23. The van der Waals surface area contributed by atoms with Crippen LogP contribution in [0.25, 0.3) is 0 Å². The SMILES string of the molecule is CCC(CC)c1ccc(COc2ccc(C=O)cc2)cc1. The topological polar surface area (TPSA) is 26.3 Å². The monoisotopic (exact) mass is 282 g/mol. The summed E-state index contributed by atoms with van der Waals surface area (Å²) in [5, 5.41) is 0. The zero-order chi connectivity index (χ0) is 15.1. The number of hydrogen-bond acceptors (Lipinski definition) is 2. The molecule has 0 saturated carbocycles. The van der Waals surface area contributed by atoms with Gasteiger partial charge < -0.3 is 4.74 Å². The number of carbonyl (C=O) groups is 1. The van der Waals surface area contributed by atoms with Crippen LogP contribution in [0.1, 0.15) is 54.1 Å². The lowest BCUT2D eigenvalue weighted by Gasteiger charge is -2.13. The molecule has 0 aliphatic carbocycles. The van der Waals surface area contributed by atoms with Gasteiger partial charge in [0.1, 0.15) is 18.6 Å². The second kappa shape index (κ2) is 7.63. The molecule has 0 amide bonds. The standard InChI is InChI=1S/C19H22O2/c1-3-17(4-2)18-9-5-16(6-10-18)14-21-19-11-7-15(13-20)8-12-19/h5-13,17H,3-4,14H2,1-2H3. The smallest absolute Gasteiger partial charge is 0.150 e. The Kier molecular flexibility index (Phi) is 5.56. The maximum Gasteiger partial charge on any atom is 0.150 e. The molecule has 0 unspecified atom stereocenters. The molecule has 0 heterocycles. The Morgan fingerprint density at radius 1 is 0.952 bits per heavy atom. The number of benzene rings is 2. The van der Waals surface area contributed by atoms with Gasteiger partial charge in [-0.05, 0) is 54.2 Å². The van der Waals surface area contributed by atoms with Gasteiger partial charge in [0.05, 0.1) is 0 Å². The Morgan fingerprint density at radius 3 is 2.10 bits per heavy atom. The van der Waals surface area contributed by atoms with Gasteiger partial charge in [0.25, 0.3) is 0 Å². The molecule has 0 aromatic heterocycles. The van der Waals surface area contributed by atoms with E-state index in [1.54, 1.807) is 12.1 Å². The summed E-state index contributed by atoms with van der Waals surface area (Å²) in [7, 11) is 0. The minimum absolute atomic E-state index is 0.545. The van der Waals surface area contributed by atoms with Crippen LogP contribution in [0.5, 0.6) is 5.75 Å². The van der Waals surface area contributed by atoms with Gasteiger partial charge in [-0.1, -0.05) is 38.1 Å². The summed E-state index contributed by atoms with van der Waals surface area (Å²) in [5.74, 6) is 1.43. The Balaban J connectivity index is 1.95. The molecule has 0 N–H and O–H groups in total. The quantitative estimate of drug-likeness (QED) is 0.669. The average Bonchev–Trinajstić information content (AvgIpc) is 2.55. The third-order valence-corrected chi connectivity index (χ3v) is 3.86. The lowest BCUT2D eigenvalue weighted by Crippen LogP contribution is -1.98. The largest absolute Gasteiger partial charge is 0.489 e. The fourth-order valence-corrected chi connectivity index (χ4v) is 2.46. The number of rotatable bonds is 7. The second-order valence-corrected chi connectivity index (χ2v) is 5.23. The van der Waals surface area contributed by atoms with Crippen molar-refractivity contribution in [3.63, 3.8) is 0 Å². The van der Waals surface area contributed by atoms with Crippen LogP contribution in [-0.4, -0.2) is 6.29 Å². The van der Waals surface area contributed by atoms with Gasteiger partial charge >= 0.3 is 0 Å². The van der Waals surface area contributed by atoms with Crippen molar-refractivity contribution >= 4 is 6.29 Å². The van der Waals surface area contributed by atoms with E-state index in [-0.39, 0.29) is 0 Å². The van der Waals surface area contributed by atoms with Gasteiger partial charge in [0.15, 0.2) is 0 Å². The Labute approximate surface area is 126 Å².